The van der Waals surface area contributed by atoms with Crippen LogP contribution in [0.2, 0.25) is 0 Å². The lowest BCUT2D eigenvalue weighted by atomic mass is 10.0. The Labute approximate surface area is 214 Å². The molecular formula is C26H28BrN5O3. The SMILES string of the molecule is Cc1cccc2c(N)c3cccc(C(=O)NCC[N+](C)(C)Cc4ccc([N+](=O)[O-])cc4)c3nc12.[Br-]. The van der Waals surface area contributed by atoms with Crippen molar-refractivity contribution in [1.29, 1.82) is 0 Å². The summed E-state index contributed by atoms with van der Waals surface area (Å²) in [4.78, 5) is 28.3. The zero-order valence-corrected chi connectivity index (χ0v) is 21.5. The van der Waals surface area contributed by atoms with Crippen molar-refractivity contribution in [3.05, 3.63) is 87.5 Å². The molecule has 1 amide bonds. The normalized spacial score (nSPS) is 11.3. The second-order valence-corrected chi connectivity index (χ2v) is 9.20. The van der Waals surface area contributed by atoms with Gasteiger partial charge in [0.15, 0.2) is 0 Å². The number of aromatic nitrogens is 1. The minimum atomic E-state index is -0.404. The number of hydrogen-bond acceptors (Lipinski definition) is 5. The zero-order chi connectivity index (χ0) is 24.5. The Morgan fingerprint density at radius 3 is 2.31 bits per heavy atom. The minimum absolute atomic E-state index is 0. The van der Waals surface area contributed by atoms with Gasteiger partial charge in [0.05, 0.1) is 54.4 Å². The number of halogens is 1. The summed E-state index contributed by atoms with van der Waals surface area (Å²) in [7, 11) is 4.12. The van der Waals surface area contributed by atoms with E-state index in [9.17, 15) is 14.9 Å². The van der Waals surface area contributed by atoms with Crippen LogP contribution in [0.5, 0.6) is 0 Å². The van der Waals surface area contributed by atoms with Crippen LogP contribution in [-0.4, -0.2) is 47.5 Å². The molecule has 9 heteroatoms. The van der Waals surface area contributed by atoms with Crippen LogP contribution in [0.15, 0.2) is 60.7 Å². The Balaban J connectivity index is 0.00000342. The first kappa shape index (κ1) is 26.1. The van der Waals surface area contributed by atoms with E-state index in [1.54, 1.807) is 18.2 Å². The van der Waals surface area contributed by atoms with Crippen LogP contribution in [0.4, 0.5) is 11.4 Å². The first-order chi connectivity index (χ1) is 16.2. The molecule has 0 fully saturated rings. The fourth-order valence-corrected chi connectivity index (χ4v) is 4.21. The minimum Gasteiger partial charge on any atom is -1.00 e. The predicted octanol–water partition coefficient (Wildman–Crippen LogP) is 1.20. The van der Waals surface area contributed by atoms with E-state index in [2.05, 4.69) is 19.4 Å². The van der Waals surface area contributed by atoms with E-state index >= 15 is 0 Å². The average Bonchev–Trinajstić information content (AvgIpc) is 2.79. The van der Waals surface area contributed by atoms with E-state index in [0.717, 1.165) is 27.4 Å². The number of aryl methyl sites for hydroxylation is 1. The number of likely N-dealkylation sites (N-methyl/N-ethyl adjacent to an activating group) is 1. The number of quaternary nitrogens is 1. The molecule has 182 valence electrons. The van der Waals surface area contributed by atoms with E-state index in [4.69, 9.17) is 10.7 Å². The van der Waals surface area contributed by atoms with Gasteiger partial charge >= 0.3 is 0 Å². The second-order valence-electron chi connectivity index (χ2n) is 9.20. The maximum atomic E-state index is 13.1. The molecule has 0 aliphatic heterocycles. The summed E-state index contributed by atoms with van der Waals surface area (Å²) in [5.74, 6) is -0.194. The number of hydrogen-bond donors (Lipinski definition) is 2. The topological polar surface area (TPSA) is 111 Å². The summed E-state index contributed by atoms with van der Waals surface area (Å²) in [5, 5.41) is 15.5. The number of nitrogen functional groups attached to an aromatic ring is 1. The van der Waals surface area contributed by atoms with E-state index in [1.165, 1.54) is 12.1 Å². The molecular weight excluding hydrogens is 510 g/mol. The molecule has 3 N–H and O–H groups in total. The van der Waals surface area contributed by atoms with Crippen LogP contribution in [0.1, 0.15) is 21.5 Å². The highest BCUT2D eigenvalue weighted by molar-refractivity contribution is 6.13. The van der Waals surface area contributed by atoms with Crippen LogP contribution in [-0.2, 0) is 6.54 Å². The predicted molar refractivity (Wildman–Crippen MR) is 135 cm³/mol. The summed E-state index contributed by atoms with van der Waals surface area (Å²) in [6.45, 7) is 3.82. The van der Waals surface area contributed by atoms with Gasteiger partial charge in [0.1, 0.15) is 6.54 Å². The van der Waals surface area contributed by atoms with Crippen molar-refractivity contribution in [2.45, 2.75) is 13.5 Å². The number of nitrogens with zero attached hydrogens (tertiary/aromatic N) is 3. The summed E-state index contributed by atoms with van der Waals surface area (Å²) in [6.07, 6.45) is 0. The highest BCUT2D eigenvalue weighted by atomic mass is 79.9. The van der Waals surface area contributed by atoms with Crippen LogP contribution in [0.25, 0.3) is 21.8 Å². The fraction of sp³-hybridized carbons (Fsp3) is 0.231. The highest BCUT2D eigenvalue weighted by Gasteiger charge is 2.19. The molecule has 4 aromatic rings. The van der Waals surface area contributed by atoms with Crippen LogP contribution < -0.4 is 28.0 Å². The van der Waals surface area contributed by atoms with Crippen LogP contribution >= 0.6 is 0 Å². The van der Waals surface area contributed by atoms with Crippen LogP contribution in [0, 0.1) is 17.0 Å². The maximum absolute atomic E-state index is 13.1. The first-order valence-electron chi connectivity index (χ1n) is 11.1. The number of amides is 1. The maximum Gasteiger partial charge on any atom is 0.269 e. The van der Waals surface area contributed by atoms with Gasteiger partial charge < -0.3 is 32.5 Å². The van der Waals surface area contributed by atoms with Crippen molar-refractivity contribution in [2.24, 2.45) is 0 Å². The quantitative estimate of drug-likeness (QED) is 0.159. The average molecular weight is 538 g/mol. The number of anilines is 1. The van der Waals surface area contributed by atoms with E-state index in [-0.39, 0.29) is 28.6 Å². The van der Waals surface area contributed by atoms with Gasteiger partial charge in [-0.1, -0.05) is 30.3 Å². The molecule has 0 saturated carbocycles. The number of nitro benzene ring substituents is 1. The monoisotopic (exact) mass is 537 g/mol. The fourth-order valence-electron chi connectivity index (χ4n) is 4.21. The number of carbonyl (C=O) groups is 1. The largest absolute Gasteiger partial charge is 1.00 e. The Hall–Kier alpha value is -3.56. The lowest BCUT2D eigenvalue weighted by Gasteiger charge is -2.30. The van der Waals surface area contributed by atoms with Gasteiger partial charge in [-0.15, -0.1) is 0 Å². The molecule has 0 saturated heterocycles. The number of fused-ring (bicyclic) bond motifs is 2. The lowest BCUT2D eigenvalue weighted by Crippen LogP contribution is -3.00. The molecule has 1 aromatic heterocycles. The third kappa shape index (κ3) is 5.58. The third-order valence-corrected chi connectivity index (χ3v) is 6.08. The van der Waals surface area contributed by atoms with Gasteiger partial charge in [0.2, 0.25) is 0 Å². The summed E-state index contributed by atoms with van der Waals surface area (Å²) in [6, 6.07) is 17.9. The number of para-hydroxylation sites is 2. The third-order valence-electron chi connectivity index (χ3n) is 6.08. The second kappa shape index (κ2) is 10.4. The van der Waals surface area contributed by atoms with Crippen molar-refractivity contribution in [1.82, 2.24) is 10.3 Å². The summed E-state index contributed by atoms with van der Waals surface area (Å²) in [5.41, 5.74) is 11.0. The molecule has 4 rings (SSSR count). The molecule has 35 heavy (non-hydrogen) atoms. The van der Waals surface area contributed by atoms with E-state index in [1.807, 2.05) is 37.3 Å². The Morgan fingerprint density at radius 1 is 1.03 bits per heavy atom. The number of benzene rings is 3. The van der Waals surface area contributed by atoms with Gasteiger partial charge in [-0.05, 0) is 30.7 Å². The number of rotatable bonds is 7. The molecule has 0 unspecified atom stereocenters. The molecule has 0 aliphatic rings. The molecule has 0 bridgehead atoms. The molecule has 3 aromatic carbocycles. The van der Waals surface area contributed by atoms with Crippen LogP contribution in [0.3, 0.4) is 0 Å². The number of pyridine rings is 1. The van der Waals surface area contributed by atoms with Gasteiger partial charge in [-0.25, -0.2) is 4.98 Å². The number of nitro groups is 1. The Morgan fingerprint density at radius 2 is 1.66 bits per heavy atom. The smallest absolute Gasteiger partial charge is 0.269 e. The number of carbonyl (C=O) groups excluding carboxylic acids is 1. The molecule has 0 spiro atoms. The van der Waals surface area contributed by atoms with Gasteiger partial charge in [-0.3, -0.25) is 14.9 Å². The van der Waals surface area contributed by atoms with Crippen molar-refractivity contribution in [3.63, 3.8) is 0 Å². The molecule has 0 atom stereocenters. The molecule has 8 nitrogen and oxygen atoms in total. The van der Waals surface area contributed by atoms with E-state index < -0.39 is 4.92 Å². The van der Waals surface area contributed by atoms with Crippen molar-refractivity contribution in [3.8, 4) is 0 Å². The van der Waals surface area contributed by atoms with Crippen molar-refractivity contribution >= 4 is 39.1 Å². The number of non-ortho nitro benzene ring substituents is 1. The standard InChI is InChI=1S/C26H27N5O3.BrH/c1-17-6-4-7-20-23(27)21-8-5-9-22(25(21)29-24(17)20)26(32)28-14-15-31(2,3)16-18-10-12-19(13-11-18)30(33)34;/h4-13H,14-16H2,1-3H3,(H2-,27,28,29,32);1H. The van der Waals surface area contributed by atoms with E-state index in [0.29, 0.717) is 40.9 Å². The molecule has 0 aliphatic carbocycles. The lowest BCUT2D eigenvalue weighted by molar-refractivity contribution is -0.902. The molecule has 1 heterocycles. The Kier molecular flexibility index (Phi) is 7.72. The Bertz CT molecular complexity index is 1400. The van der Waals surface area contributed by atoms with Gasteiger partial charge in [0.25, 0.3) is 11.6 Å². The summed E-state index contributed by atoms with van der Waals surface area (Å²) >= 11 is 0. The van der Waals surface area contributed by atoms with Gasteiger partial charge in [-0.2, -0.15) is 0 Å². The van der Waals surface area contributed by atoms with Gasteiger partial charge in [0, 0.05) is 28.5 Å². The molecule has 0 radical (unpaired) electrons. The number of nitrogens with one attached hydrogen (secondary N) is 1. The van der Waals surface area contributed by atoms with Crippen molar-refractivity contribution < 1.29 is 31.2 Å². The summed E-state index contributed by atoms with van der Waals surface area (Å²) < 4.78 is 0.614. The zero-order valence-electron chi connectivity index (χ0n) is 19.9. The van der Waals surface area contributed by atoms with Crippen molar-refractivity contribution in [2.75, 3.05) is 32.9 Å². The number of nitrogens with two attached hydrogens (primary N) is 1. The highest BCUT2D eigenvalue weighted by Crippen LogP contribution is 2.31. The first-order valence-corrected chi connectivity index (χ1v) is 11.1.